The van der Waals surface area contributed by atoms with Crippen molar-refractivity contribution < 1.29 is 0 Å². The predicted octanol–water partition coefficient (Wildman–Crippen LogP) is 2.40. The molecule has 0 spiro atoms. The minimum absolute atomic E-state index is 0.247. The van der Waals surface area contributed by atoms with E-state index in [9.17, 15) is 0 Å². The summed E-state index contributed by atoms with van der Waals surface area (Å²) in [6.07, 6.45) is 11.2. The summed E-state index contributed by atoms with van der Waals surface area (Å²) < 4.78 is 2.29. The number of nitrogens with zero attached hydrogens (tertiary/aromatic N) is 1. The largest absolute Gasteiger partial charge is 0.354 e. The van der Waals surface area contributed by atoms with Crippen LogP contribution in [-0.2, 0) is 19.9 Å². The maximum Gasteiger partial charge on any atom is 0.0204 e. The molecule has 88 valence electrons. The molecule has 2 N–H and O–H groups in total. The average molecular weight is 218 g/mol. The summed E-state index contributed by atoms with van der Waals surface area (Å²) in [7, 11) is 2.16. The molecule has 0 aliphatic heterocycles. The fourth-order valence-electron chi connectivity index (χ4n) is 3.04. The summed E-state index contributed by atoms with van der Waals surface area (Å²) in [6.45, 7) is 0. The number of aromatic nitrogens is 1. The van der Waals surface area contributed by atoms with Gasteiger partial charge in [-0.05, 0) is 62.5 Å². The highest BCUT2D eigenvalue weighted by Crippen LogP contribution is 2.39. The Hall–Kier alpha value is -0.760. The van der Waals surface area contributed by atoms with E-state index in [1.54, 1.807) is 11.3 Å². The van der Waals surface area contributed by atoms with Gasteiger partial charge in [-0.25, -0.2) is 0 Å². The minimum atomic E-state index is 0.247. The molecule has 0 amide bonds. The van der Waals surface area contributed by atoms with Crippen LogP contribution in [0, 0.1) is 5.92 Å². The molecule has 2 aliphatic carbocycles. The predicted molar refractivity (Wildman–Crippen MR) is 66.3 cm³/mol. The van der Waals surface area contributed by atoms with E-state index in [4.69, 9.17) is 5.73 Å². The van der Waals surface area contributed by atoms with Crippen LogP contribution >= 0.6 is 0 Å². The second kappa shape index (κ2) is 3.63. The summed E-state index contributed by atoms with van der Waals surface area (Å²) in [5.41, 5.74) is 9.55. The minimum Gasteiger partial charge on any atom is -0.354 e. The summed E-state index contributed by atoms with van der Waals surface area (Å²) in [5, 5.41) is 0. The maximum absolute atomic E-state index is 6.16. The molecular weight excluding hydrogens is 196 g/mol. The molecule has 0 saturated heterocycles. The SMILES string of the molecule is Cn1ccc2c1CCC(CCC1(N)CC1)C2. The van der Waals surface area contributed by atoms with Crippen LogP contribution in [0.2, 0.25) is 0 Å². The third-order valence-corrected chi connectivity index (χ3v) is 4.54. The first-order chi connectivity index (χ1) is 7.66. The van der Waals surface area contributed by atoms with Gasteiger partial charge in [0.15, 0.2) is 0 Å². The topological polar surface area (TPSA) is 30.9 Å². The van der Waals surface area contributed by atoms with Gasteiger partial charge in [-0.3, -0.25) is 0 Å². The normalized spacial score (nSPS) is 26.5. The van der Waals surface area contributed by atoms with Gasteiger partial charge in [0.2, 0.25) is 0 Å². The van der Waals surface area contributed by atoms with Crippen LogP contribution in [0.4, 0.5) is 0 Å². The Kier molecular flexibility index (Phi) is 2.36. The first kappa shape index (κ1) is 10.4. The Morgan fingerprint density at radius 3 is 3.06 bits per heavy atom. The van der Waals surface area contributed by atoms with Gasteiger partial charge in [0.05, 0.1) is 0 Å². The molecule has 1 fully saturated rings. The summed E-state index contributed by atoms with van der Waals surface area (Å²) >= 11 is 0. The van der Waals surface area contributed by atoms with Crippen LogP contribution in [0.15, 0.2) is 12.3 Å². The molecule has 0 bridgehead atoms. The highest BCUT2D eigenvalue weighted by Gasteiger charge is 2.38. The van der Waals surface area contributed by atoms with Crippen LogP contribution in [0.1, 0.15) is 43.4 Å². The van der Waals surface area contributed by atoms with Crippen LogP contribution in [0.3, 0.4) is 0 Å². The van der Waals surface area contributed by atoms with Crippen molar-refractivity contribution in [2.24, 2.45) is 18.7 Å². The van der Waals surface area contributed by atoms with Crippen LogP contribution in [0.25, 0.3) is 0 Å². The number of aryl methyl sites for hydroxylation is 1. The molecule has 1 heterocycles. The lowest BCUT2D eigenvalue weighted by Gasteiger charge is -2.24. The second-order valence-electron chi connectivity index (χ2n) is 5.91. The lowest BCUT2D eigenvalue weighted by atomic mass is 9.83. The Labute approximate surface area is 97.8 Å². The molecule has 1 aromatic heterocycles. The zero-order valence-electron chi connectivity index (χ0n) is 10.2. The molecule has 16 heavy (non-hydrogen) atoms. The Morgan fingerprint density at radius 2 is 2.31 bits per heavy atom. The van der Waals surface area contributed by atoms with Gasteiger partial charge in [0.25, 0.3) is 0 Å². The van der Waals surface area contributed by atoms with E-state index in [0.717, 1.165) is 5.92 Å². The first-order valence-corrected chi connectivity index (χ1v) is 6.58. The van der Waals surface area contributed by atoms with Crippen molar-refractivity contribution >= 4 is 0 Å². The van der Waals surface area contributed by atoms with E-state index in [0.29, 0.717) is 0 Å². The van der Waals surface area contributed by atoms with E-state index in [2.05, 4.69) is 23.9 Å². The number of rotatable bonds is 3. The van der Waals surface area contributed by atoms with Gasteiger partial charge in [0, 0.05) is 24.5 Å². The molecule has 3 rings (SSSR count). The molecule has 1 aromatic rings. The summed E-state index contributed by atoms with van der Waals surface area (Å²) in [4.78, 5) is 0. The Morgan fingerprint density at radius 1 is 1.50 bits per heavy atom. The Balaban J connectivity index is 1.60. The van der Waals surface area contributed by atoms with Crippen molar-refractivity contribution in [3.05, 3.63) is 23.5 Å². The fraction of sp³-hybridized carbons (Fsp3) is 0.714. The average Bonchev–Trinajstić information content (AvgIpc) is 2.91. The third-order valence-electron chi connectivity index (χ3n) is 4.54. The second-order valence-corrected chi connectivity index (χ2v) is 5.91. The smallest absolute Gasteiger partial charge is 0.0204 e. The van der Waals surface area contributed by atoms with Gasteiger partial charge >= 0.3 is 0 Å². The van der Waals surface area contributed by atoms with Crippen LogP contribution in [0.5, 0.6) is 0 Å². The van der Waals surface area contributed by atoms with Gasteiger partial charge in [-0.1, -0.05) is 0 Å². The standard InChI is InChI=1S/C14H22N2/c1-16-9-5-12-10-11(2-3-13(12)16)4-6-14(15)7-8-14/h5,9,11H,2-4,6-8,10,15H2,1H3. The molecule has 1 saturated carbocycles. The van der Waals surface area contributed by atoms with Crippen molar-refractivity contribution in [3.63, 3.8) is 0 Å². The van der Waals surface area contributed by atoms with Crippen molar-refractivity contribution in [3.8, 4) is 0 Å². The summed E-state index contributed by atoms with van der Waals surface area (Å²) in [6, 6.07) is 2.30. The summed E-state index contributed by atoms with van der Waals surface area (Å²) in [5.74, 6) is 0.885. The molecule has 0 aromatic carbocycles. The quantitative estimate of drug-likeness (QED) is 0.830. The fourth-order valence-corrected chi connectivity index (χ4v) is 3.04. The maximum atomic E-state index is 6.16. The van der Waals surface area contributed by atoms with E-state index in [1.807, 2.05) is 0 Å². The van der Waals surface area contributed by atoms with E-state index >= 15 is 0 Å². The first-order valence-electron chi connectivity index (χ1n) is 6.58. The van der Waals surface area contributed by atoms with E-state index in [-0.39, 0.29) is 5.54 Å². The highest BCUT2D eigenvalue weighted by atomic mass is 14.9. The van der Waals surface area contributed by atoms with Crippen LogP contribution in [-0.4, -0.2) is 10.1 Å². The van der Waals surface area contributed by atoms with Gasteiger partial charge in [-0.15, -0.1) is 0 Å². The lowest BCUT2D eigenvalue weighted by molar-refractivity contribution is 0.386. The molecular formula is C14H22N2. The van der Waals surface area contributed by atoms with E-state index in [1.165, 1.54) is 44.9 Å². The molecule has 2 aliphatic rings. The monoisotopic (exact) mass is 218 g/mol. The lowest BCUT2D eigenvalue weighted by Crippen LogP contribution is -2.24. The van der Waals surface area contributed by atoms with Gasteiger partial charge in [-0.2, -0.15) is 0 Å². The molecule has 2 nitrogen and oxygen atoms in total. The number of nitrogens with two attached hydrogens (primary N) is 1. The van der Waals surface area contributed by atoms with E-state index < -0.39 is 0 Å². The van der Waals surface area contributed by atoms with Crippen molar-refractivity contribution in [1.29, 1.82) is 0 Å². The number of hydrogen-bond acceptors (Lipinski definition) is 1. The Bertz CT molecular complexity index is 387. The van der Waals surface area contributed by atoms with Gasteiger partial charge < -0.3 is 10.3 Å². The molecule has 1 unspecified atom stereocenters. The number of hydrogen-bond donors (Lipinski definition) is 1. The zero-order valence-corrected chi connectivity index (χ0v) is 10.2. The molecule has 1 atom stereocenters. The van der Waals surface area contributed by atoms with Gasteiger partial charge in [0.1, 0.15) is 0 Å². The zero-order chi connectivity index (χ0) is 11.2. The van der Waals surface area contributed by atoms with Crippen LogP contribution < -0.4 is 5.73 Å². The van der Waals surface area contributed by atoms with Crippen molar-refractivity contribution in [2.45, 2.75) is 50.5 Å². The number of fused-ring (bicyclic) bond motifs is 1. The van der Waals surface area contributed by atoms with Crippen molar-refractivity contribution in [1.82, 2.24) is 4.57 Å². The third kappa shape index (κ3) is 1.91. The molecule has 0 radical (unpaired) electrons. The van der Waals surface area contributed by atoms with Crippen molar-refractivity contribution in [2.75, 3.05) is 0 Å². The molecule has 2 heteroatoms. The highest BCUT2D eigenvalue weighted by molar-refractivity contribution is 5.25.